The molecule has 0 aromatic heterocycles. The Bertz CT molecular complexity index is 398. The van der Waals surface area contributed by atoms with Gasteiger partial charge in [-0.2, -0.15) is 0 Å². The number of benzene rings is 1. The molecular weight excluding hydrogens is 240 g/mol. The van der Waals surface area contributed by atoms with Gasteiger partial charge in [0, 0.05) is 10.6 Å². The Labute approximate surface area is 95.8 Å². The van der Waals surface area contributed by atoms with E-state index in [1.54, 1.807) is 0 Å². The zero-order valence-electron chi connectivity index (χ0n) is 8.16. The summed E-state index contributed by atoms with van der Waals surface area (Å²) in [5, 5.41) is 8.54. The topological polar surface area (TPSA) is 63.3 Å². The van der Waals surface area contributed by atoms with E-state index >= 15 is 0 Å². The SMILES string of the molecule is NC(Cc1ccc(Cl)c(C(F)F)c1)C(=O)O. The number of carboxylic acids is 1. The molecule has 16 heavy (non-hydrogen) atoms. The van der Waals surface area contributed by atoms with Crippen LogP contribution in [0, 0.1) is 0 Å². The van der Waals surface area contributed by atoms with Crippen molar-refractivity contribution in [1.29, 1.82) is 0 Å². The van der Waals surface area contributed by atoms with E-state index in [1.807, 2.05) is 0 Å². The highest BCUT2D eigenvalue weighted by atomic mass is 35.5. The van der Waals surface area contributed by atoms with Crippen LogP contribution in [0.3, 0.4) is 0 Å². The number of rotatable bonds is 4. The molecule has 0 aliphatic heterocycles. The molecule has 1 unspecified atom stereocenters. The van der Waals surface area contributed by atoms with E-state index in [1.165, 1.54) is 18.2 Å². The summed E-state index contributed by atoms with van der Waals surface area (Å²) in [4.78, 5) is 10.5. The van der Waals surface area contributed by atoms with Crippen molar-refractivity contribution in [3.63, 3.8) is 0 Å². The van der Waals surface area contributed by atoms with Gasteiger partial charge in [0.05, 0.1) is 0 Å². The molecular formula is C10H10ClF2NO2. The number of halogens is 3. The van der Waals surface area contributed by atoms with E-state index in [9.17, 15) is 13.6 Å². The number of hydrogen-bond donors (Lipinski definition) is 2. The van der Waals surface area contributed by atoms with E-state index in [0.717, 1.165) is 0 Å². The molecule has 0 spiro atoms. The van der Waals surface area contributed by atoms with Gasteiger partial charge >= 0.3 is 5.97 Å². The molecule has 3 nitrogen and oxygen atoms in total. The first-order valence-electron chi connectivity index (χ1n) is 4.46. The third kappa shape index (κ3) is 3.15. The fourth-order valence-corrected chi connectivity index (χ4v) is 1.43. The first-order valence-corrected chi connectivity index (χ1v) is 4.84. The minimum atomic E-state index is -2.69. The lowest BCUT2D eigenvalue weighted by Gasteiger charge is -2.09. The molecule has 88 valence electrons. The van der Waals surface area contributed by atoms with Crippen LogP contribution in [0.2, 0.25) is 5.02 Å². The van der Waals surface area contributed by atoms with Crippen LogP contribution in [0.15, 0.2) is 18.2 Å². The highest BCUT2D eigenvalue weighted by molar-refractivity contribution is 6.31. The second kappa shape index (κ2) is 5.23. The molecule has 3 N–H and O–H groups in total. The largest absolute Gasteiger partial charge is 0.480 e. The van der Waals surface area contributed by atoms with Crippen LogP contribution in [0.1, 0.15) is 17.6 Å². The molecule has 1 aromatic rings. The number of nitrogens with two attached hydrogens (primary N) is 1. The predicted octanol–water partition coefficient (Wildman–Crippen LogP) is 2.23. The summed E-state index contributed by atoms with van der Waals surface area (Å²) >= 11 is 5.56. The molecule has 0 fully saturated rings. The molecule has 0 bridgehead atoms. The number of carboxylic acid groups (broad SMARTS) is 1. The summed E-state index contributed by atoms with van der Waals surface area (Å²) in [6.45, 7) is 0. The van der Waals surface area contributed by atoms with Crippen LogP contribution in [0.5, 0.6) is 0 Å². The Kier molecular flexibility index (Phi) is 4.20. The molecule has 0 aliphatic rings. The summed E-state index contributed by atoms with van der Waals surface area (Å²) in [7, 11) is 0. The molecule has 0 saturated heterocycles. The zero-order valence-corrected chi connectivity index (χ0v) is 8.92. The van der Waals surface area contributed by atoms with Gasteiger partial charge in [-0.3, -0.25) is 4.79 Å². The van der Waals surface area contributed by atoms with Gasteiger partial charge in [-0.1, -0.05) is 17.7 Å². The Morgan fingerprint density at radius 1 is 1.50 bits per heavy atom. The Balaban J connectivity index is 2.91. The van der Waals surface area contributed by atoms with Gasteiger partial charge in [0.25, 0.3) is 6.43 Å². The van der Waals surface area contributed by atoms with Crippen LogP contribution in [-0.4, -0.2) is 17.1 Å². The smallest absolute Gasteiger partial charge is 0.320 e. The van der Waals surface area contributed by atoms with Gasteiger partial charge < -0.3 is 10.8 Å². The van der Waals surface area contributed by atoms with Crippen molar-refractivity contribution in [2.75, 3.05) is 0 Å². The van der Waals surface area contributed by atoms with Crippen LogP contribution >= 0.6 is 11.6 Å². The summed E-state index contributed by atoms with van der Waals surface area (Å²) in [6, 6.07) is 2.87. The van der Waals surface area contributed by atoms with Crippen molar-refractivity contribution in [2.24, 2.45) is 5.73 Å². The summed E-state index contributed by atoms with van der Waals surface area (Å²) in [5.74, 6) is -1.17. The van der Waals surface area contributed by atoms with E-state index in [4.69, 9.17) is 22.4 Å². The monoisotopic (exact) mass is 249 g/mol. The van der Waals surface area contributed by atoms with Gasteiger partial charge in [-0.05, 0) is 24.1 Å². The van der Waals surface area contributed by atoms with E-state index in [2.05, 4.69) is 0 Å². The fraction of sp³-hybridized carbons (Fsp3) is 0.300. The fourth-order valence-electron chi connectivity index (χ4n) is 1.23. The lowest BCUT2D eigenvalue weighted by Crippen LogP contribution is -2.32. The highest BCUT2D eigenvalue weighted by Gasteiger charge is 2.16. The maximum Gasteiger partial charge on any atom is 0.320 e. The predicted molar refractivity (Wildman–Crippen MR) is 55.7 cm³/mol. The van der Waals surface area contributed by atoms with E-state index in [-0.39, 0.29) is 17.0 Å². The molecule has 6 heteroatoms. The highest BCUT2D eigenvalue weighted by Crippen LogP contribution is 2.28. The van der Waals surface area contributed by atoms with Crippen LogP contribution < -0.4 is 5.73 Å². The van der Waals surface area contributed by atoms with Gasteiger partial charge in [0.2, 0.25) is 0 Å². The quantitative estimate of drug-likeness (QED) is 0.860. The van der Waals surface area contributed by atoms with Crippen molar-refractivity contribution >= 4 is 17.6 Å². The van der Waals surface area contributed by atoms with E-state index in [0.29, 0.717) is 5.56 Å². The molecule has 0 aliphatic carbocycles. The second-order valence-electron chi connectivity index (χ2n) is 3.31. The minimum absolute atomic E-state index is 0.00772. The van der Waals surface area contributed by atoms with Gasteiger partial charge in [0.1, 0.15) is 6.04 Å². The van der Waals surface area contributed by atoms with Gasteiger partial charge in [-0.15, -0.1) is 0 Å². The molecule has 0 amide bonds. The van der Waals surface area contributed by atoms with Crippen molar-refractivity contribution in [3.05, 3.63) is 34.3 Å². The van der Waals surface area contributed by atoms with Crippen LogP contribution in [-0.2, 0) is 11.2 Å². The molecule has 1 aromatic carbocycles. The van der Waals surface area contributed by atoms with Crippen LogP contribution in [0.4, 0.5) is 8.78 Å². The van der Waals surface area contributed by atoms with E-state index < -0.39 is 18.4 Å². The van der Waals surface area contributed by atoms with Crippen molar-refractivity contribution in [1.82, 2.24) is 0 Å². The van der Waals surface area contributed by atoms with Gasteiger partial charge in [0.15, 0.2) is 0 Å². The lowest BCUT2D eigenvalue weighted by molar-refractivity contribution is -0.138. The molecule has 0 heterocycles. The number of aliphatic carboxylic acids is 1. The third-order valence-electron chi connectivity index (χ3n) is 2.07. The molecule has 0 radical (unpaired) electrons. The zero-order chi connectivity index (χ0) is 12.3. The maximum atomic E-state index is 12.5. The molecule has 1 rings (SSSR count). The number of hydrogen-bond acceptors (Lipinski definition) is 2. The number of alkyl halides is 2. The maximum absolute atomic E-state index is 12.5. The van der Waals surface area contributed by atoms with Gasteiger partial charge in [-0.25, -0.2) is 8.78 Å². The standard InChI is InChI=1S/C10H10ClF2NO2/c11-7-2-1-5(3-6(7)9(12)13)4-8(14)10(15)16/h1-3,8-9H,4,14H2,(H,15,16). The first-order chi connectivity index (χ1) is 7.41. The third-order valence-corrected chi connectivity index (χ3v) is 2.41. The minimum Gasteiger partial charge on any atom is -0.480 e. The van der Waals surface area contributed by atoms with Crippen LogP contribution in [0.25, 0.3) is 0 Å². The summed E-state index contributed by atoms with van der Waals surface area (Å²) in [5.41, 5.74) is 5.41. The second-order valence-corrected chi connectivity index (χ2v) is 3.71. The average molecular weight is 250 g/mol. The first kappa shape index (κ1) is 12.9. The summed E-state index contributed by atoms with van der Waals surface area (Å²) < 4.78 is 24.9. The molecule has 0 saturated carbocycles. The Hall–Kier alpha value is -1.20. The molecule has 1 atom stereocenters. The van der Waals surface area contributed by atoms with Crippen molar-refractivity contribution in [2.45, 2.75) is 18.9 Å². The normalized spacial score (nSPS) is 12.8. The van der Waals surface area contributed by atoms with Crippen molar-refractivity contribution < 1.29 is 18.7 Å². The Morgan fingerprint density at radius 3 is 2.62 bits per heavy atom. The summed E-state index contributed by atoms with van der Waals surface area (Å²) in [6.07, 6.45) is -2.69. The average Bonchev–Trinajstić information content (AvgIpc) is 2.20. The lowest BCUT2D eigenvalue weighted by atomic mass is 10.0. The number of carbonyl (C=O) groups is 1. The van der Waals surface area contributed by atoms with Crippen molar-refractivity contribution in [3.8, 4) is 0 Å². The Morgan fingerprint density at radius 2 is 2.12 bits per heavy atom.